The third-order valence-electron chi connectivity index (χ3n) is 3.42. The van der Waals surface area contributed by atoms with Gasteiger partial charge in [-0.3, -0.25) is 9.59 Å². The van der Waals surface area contributed by atoms with Crippen molar-refractivity contribution in [3.05, 3.63) is 0 Å². The van der Waals surface area contributed by atoms with Gasteiger partial charge in [-0.05, 0) is 39.2 Å². The molecule has 1 rings (SSSR count). The van der Waals surface area contributed by atoms with Crippen LogP contribution in [0.25, 0.3) is 0 Å². The van der Waals surface area contributed by atoms with E-state index >= 15 is 0 Å². The van der Waals surface area contributed by atoms with Gasteiger partial charge in [0.1, 0.15) is 0 Å². The minimum atomic E-state index is -0.701. The third-order valence-corrected chi connectivity index (χ3v) is 3.42. The van der Waals surface area contributed by atoms with Gasteiger partial charge in [0, 0.05) is 6.54 Å². The van der Waals surface area contributed by atoms with E-state index in [1.807, 2.05) is 0 Å². The Balaban J connectivity index is 2.46. The van der Waals surface area contributed by atoms with Crippen molar-refractivity contribution >= 4 is 11.8 Å². The highest BCUT2D eigenvalue weighted by Gasteiger charge is 2.30. The molecule has 1 heterocycles. The highest BCUT2D eigenvalue weighted by molar-refractivity contribution is 5.84. The summed E-state index contributed by atoms with van der Waals surface area (Å²) in [4.78, 5) is 23.1. The number of carbonyl (C=O) groups excluding carboxylic acids is 2. The number of amides is 2. The second-order valence-electron chi connectivity index (χ2n) is 5.52. The summed E-state index contributed by atoms with van der Waals surface area (Å²) in [5, 5.41) is 6.01. The van der Waals surface area contributed by atoms with E-state index in [-0.39, 0.29) is 18.5 Å². The van der Waals surface area contributed by atoms with Crippen molar-refractivity contribution in [3.8, 4) is 0 Å². The number of piperidine rings is 1. The summed E-state index contributed by atoms with van der Waals surface area (Å²) in [5.41, 5.74) is 4.56. The van der Waals surface area contributed by atoms with Gasteiger partial charge in [-0.15, -0.1) is 0 Å². The van der Waals surface area contributed by atoms with Gasteiger partial charge in [0.2, 0.25) is 11.8 Å². The predicted octanol–water partition coefficient (Wildman–Crippen LogP) is 0.00220. The first-order valence-corrected chi connectivity index (χ1v) is 6.15. The van der Waals surface area contributed by atoms with Crippen LogP contribution in [0.3, 0.4) is 0 Å². The van der Waals surface area contributed by atoms with Gasteiger partial charge in [0.25, 0.3) is 0 Å². The van der Waals surface area contributed by atoms with E-state index < -0.39 is 11.3 Å². The predicted molar refractivity (Wildman–Crippen MR) is 66.2 cm³/mol. The van der Waals surface area contributed by atoms with Crippen LogP contribution in [-0.2, 0) is 9.59 Å². The van der Waals surface area contributed by atoms with Gasteiger partial charge >= 0.3 is 0 Å². The Morgan fingerprint density at radius 1 is 1.47 bits per heavy atom. The number of hydrogen-bond donors (Lipinski definition) is 3. The lowest BCUT2D eigenvalue weighted by Gasteiger charge is -2.30. The van der Waals surface area contributed by atoms with Gasteiger partial charge in [0.05, 0.1) is 11.5 Å². The molecule has 5 nitrogen and oxygen atoms in total. The lowest BCUT2D eigenvalue weighted by Crippen LogP contribution is -2.53. The number of carbonyl (C=O) groups is 2. The Hall–Kier alpha value is -1.10. The minimum Gasteiger partial charge on any atom is -0.369 e. The van der Waals surface area contributed by atoms with Crippen LogP contribution in [0.2, 0.25) is 0 Å². The normalized spacial score (nSPS) is 25.4. The summed E-state index contributed by atoms with van der Waals surface area (Å²) in [6.45, 7) is 6.68. The Morgan fingerprint density at radius 2 is 2.12 bits per heavy atom. The highest BCUT2D eigenvalue weighted by Crippen LogP contribution is 2.16. The first kappa shape index (κ1) is 14.0. The summed E-state index contributed by atoms with van der Waals surface area (Å²) >= 11 is 0. The summed E-state index contributed by atoms with van der Waals surface area (Å²) in [7, 11) is 0. The van der Waals surface area contributed by atoms with Crippen molar-refractivity contribution in [2.24, 2.45) is 17.1 Å². The first-order chi connectivity index (χ1) is 7.84. The lowest BCUT2D eigenvalue weighted by molar-refractivity contribution is -0.128. The second kappa shape index (κ2) is 5.49. The molecule has 0 bridgehead atoms. The van der Waals surface area contributed by atoms with E-state index in [2.05, 4.69) is 17.6 Å². The maximum absolute atomic E-state index is 12.0. The van der Waals surface area contributed by atoms with Gasteiger partial charge < -0.3 is 16.4 Å². The van der Waals surface area contributed by atoms with E-state index in [1.54, 1.807) is 13.8 Å². The van der Waals surface area contributed by atoms with E-state index in [1.165, 1.54) is 0 Å². The van der Waals surface area contributed by atoms with E-state index in [0.29, 0.717) is 5.92 Å². The van der Waals surface area contributed by atoms with Gasteiger partial charge in [-0.25, -0.2) is 0 Å². The topological polar surface area (TPSA) is 84.2 Å². The zero-order valence-corrected chi connectivity index (χ0v) is 10.9. The summed E-state index contributed by atoms with van der Waals surface area (Å²) < 4.78 is 0. The molecule has 2 atom stereocenters. The smallest absolute Gasteiger partial charge is 0.237 e. The van der Waals surface area contributed by atoms with Gasteiger partial charge in [0.15, 0.2) is 0 Å². The molecular formula is C12H23N3O2. The second-order valence-corrected chi connectivity index (χ2v) is 5.52. The van der Waals surface area contributed by atoms with Crippen molar-refractivity contribution in [3.63, 3.8) is 0 Å². The van der Waals surface area contributed by atoms with Crippen LogP contribution in [-0.4, -0.2) is 30.9 Å². The van der Waals surface area contributed by atoms with Crippen molar-refractivity contribution in [1.82, 2.24) is 10.6 Å². The maximum Gasteiger partial charge on any atom is 0.237 e. The molecule has 98 valence electrons. The zero-order chi connectivity index (χ0) is 13.1. The average molecular weight is 241 g/mol. The molecule has 0 aromatic heterocycles. The van der Waals surface area contributed by atoms with Crippen molar-refractivity contribution < 1.29 is 9.59 Å². The molecule has 4 N–H and O–H groups in total. The van der Waals surface area contributed by atoms with Crippen LogP contribution in [0.1, 0.15) is 33.6 Å². The Bertz CT molecular complexity index is 302. The van der Waals surface area contributed by atoms with Gasteiger partial charge in [-0.2, -0.15) is 0 Å². The van der Waals surface area contributed by atoms with Crippen molar-refractivity contribution in [2.45, 2.75) is 39.7 Å². The van der Waals surface area contributed by atoms with E-state index in [4.69, 9.17) is 5.73 Å². The molecule has 0 radical (unpaired) electrons. The molecule has 1 aliphatic rings. The van der Waals surface area contributed by atoms with Gasteiger partial charge in [-0.1, -0.05) is 6.92 Å². The molecule has 0 aliphatic carbocycles. The molecule has 0 saturated carbocycles. The zero-order valence-electron chi connectivity index (χ0n) is 10.9. The van der Waals surface area contributed by atoms with Crippen LogP contribution in [0.15, 0.2) is 0 Å². The minimum absolute atomic E-state index is 0.0356. The van der Waals surface area contributed by atoms with E-state index in [9.17, 15) is 9.59 Å². The fourth-order valence-corrected chi connectivity index (χ4v) is 1.91. The molecule has 0 aromatic carbocycles. The molecule has 2 unspecified atom stereocenters. The number of hydrogen-bond acceptors (Lipinski definition) is 3. The van der Waals surface area contributed by atoms with Crippen LogP contribution in [0.4, 0.5) is 0 Å². The van der Waals surface area contributed by atoms with Crippen LogP contribution in [0, 0.1) is 11.3 Å². The quantitative estimate of drug-likeness (QED) is 0.648. The molecule has 1 fully saturated rings. The van der Waals surface area contributed by atoms with Crippen LogP contribution >= 0.6 is 0 Å². The highest BCUT2D eigenvalue weighted by atomic mass is 16.2. The lowest BCUT2D eigenvalue weighted by atomic mass is 9.90. The molecule has 2 amide bonds. The van der Waals surface area contributed by atoms with Crippen molar-refractivity contribution in [2.75, 3.05) is 13.1 Å². The monoisotopic (exact) mass is 241 g/mol. The molecule has 1 saturated heterocycles. The Kier molecular flexibility index (Phi) is 4.51. The summed E-state index contributed by atoms with van der Waals surface area (Å²) in [5.74, 6) is -0.102. The van der Waals surface area contributed by atoms with E-state index in [0.717, 1.165) is 19.4 Å². The molecule has 1 aliphatic heterocycles. The average Bonchev–Trinajstić information content (AvgIpc) is 2.26. The fraction of sp³-hybridized carbons (Fsp3) is 0.833. The number of rotatable bonds is 4. The summed E-state index contributed by atoms with van der Waals surface area (Å²) in [6, 6.07) is -0.146. The fourth-order valence-electron chi connectivity index (χ4n) is 1.91. The largest absolute Gasteiger partial charge is 0.369 e. The standard InChI is InChI=1S/C12H23N3O2/c1-8-5-4-6-14-9(8)10(16)15-7-12(2,3)11(13)17/h8-9,14H,4-7H2,1-3H3,(H2,13,17)(H,15,16). The molecule has 0 spiro atoms. The molecular weight excluding hydrogens is 218 g/mol. The Labute approximate surface area is 103 Å². The van der Waals surface area contributed by atoms with Crippen molar-refractivity contribution in [1.29, 1.82) is 0 Å². The maximum atomic E-state index is 12.0. The number of nitrogens with one attached hydrogen (secondary N) is 2. The molecule has 5 heteroatoms. The first-order valence-electron chi connectivity index (χ1n) is 6.15. The molecule has 17 heavy (non-hydrogen) atoms. The SMILES string of the molecule is CC1CCCNC1C(=O)NCC(C)(C)C(N)=O. The third kappa shape index (κ3) is 3.70. The summed E-state index contributed by atoms with van der Waals surface area (Å²) in [6.07, 6.45) is 2.17. The Morgan fingerprint density at radius 3 is 2.65 bits per heavy atom. The number of primary amides is 1. The number of nitrogens with two attached hydrogens (primary N) is 1. The van der Waals surface area contributed by atoms with Crippen LogP contribution < -0.4 is 16.4 Å². The van der Waals surface area contributed by atoms with Crippen LogP contribution in [0.5, 0.6) is 0 Å². The molecule has 0 aromatic rings.